The molecule has 2 heterocycles. The number of hydrogen-bond acceptors (Lipinski definition) is 3. The van der Waals surface area contributed by atoms with Crippen molar-refractivity contribution in [3.05, 3.63) is 84.7 Å². The molecule has 1 amide bonds. The van der Waals surface area contributed by atoms with Crippen molar-refractivity contribution < 1.29 is 4.79 Å². The molecule has 4 heteroatoms. The monoisotopic (exact) mass is 343 g/mol. The minimum absolute atomic E-state index is 0.110. The van der Waals surface area contributed by atoms with Gasteiger partial charge in [0.2, 0.25) is 0 Å². The second-order valence-electron chi connectivity index (χ2n) is 6.40. The van der Waals surface area contributed by atoms with Gasteiger partial charge in [0.25, 0.3) is 5.91 Å². The lowest BCUT2D eigenvalue weighted by Gasteiger charge is -2.36. The van der Waals surface area contributed by atoms with Gasteiger partial charge in [0, 0.05) is 49.8 Å². The number of amides is 1. The van der Waals surface area contributed by atoms with E-state index in [2.05, 4.69) is 9.88 Å². The molecule has 1 aliphatic rings. The molecule has 1 aliphatic heterocycles. The van der Waals surface area contributed by atoms with Gasteiger partial charge in [-0.2, -0.15) is 0 Å². The van der Waals surface area contributed by atoms with Crippen LogP contribution in [0.1, 0.15) is 10.4 Å². The van der Waals surface area contributed by atoms with Crippen molar-refractivity contribution in [2.24, 2.45) is 0 Å². The summed E-state index contributed by atoms with van der Waals surface area (Å²) in [5, 5.41) is 0. The summed E-state index contributed by atoms with van der Waals surface area (Å²) >= 11 is 0. The van der Waals surface area contributed by atoms with Crippen LogP contribution in [0, 0.1) is 0 Å². The summed E-state index contributed by atoms with van der Waals surface area (Å²) in [4.78, 5) is 21.5. The van der Waals surface area contributed by atoms with Crippen LogP contribution in [0.5, 0.6) is 0 Å². The molecule has 0 bridgehead atoms. The summed E-state index contributed by atoms with van der Waals surface area (Å²) in [6.45, 7) is 3.13. The van der Waals surface area contributed by atoms with Crippen LogP contribution in [0.15, 0.2) is 79.1 Å². The van der Waals surface area contributed by atoms with Crippen LogP contribution in [-0.4, -0.2) is 42.0 Å². The molecule has 0 unspecified atom stereocenters. The van der Waals surface area contributed by atoms with Gasteiger partial charge in [-0.1, -0.05) is 48.5 Å². The van der Waals surface area contributed by atoms with Gasteiger partial charge in [-0.05, 0) is 29.3 Å². The number of pyridine rings is 1. The average molecular weight is 343 g/mol. The van der Waals surface area contributed by atoms with Gasteiger partial charge < -0.3 is 9.80 Å². The minimum Gasteiger partial charge on any atom is -0.368 e. The molecule has 1 fully saturated rings. The standard InChI is InChI=1S/C22H21N3O/c26-22(21-9-5-4-8-20(21)18-6-2-1-3-7-18)25-16-14-24(15-17-25)19-10-12-23-13-11-19/h1-13H,14-17H2. The Morgan fingerprint density at radius 3 is 2.15 bits per heavy atom. The van der Waals surface area contributed by atoms with Crippen molar-refractivity contribution in [3.8, 4) is 11.1 Å². The Bertz CT molecular complexity index is 872. The molecular weight excluding hydrogens is 322 g/mol. The maximum atomic E-state index is 13.1. The van der Waals surface area contributed by atoms with E-state index in [1.807, 2.05) is 84.0 Å². The van der Waals surface area contributed by atoms with Gasteiger partial charge in [0.05, 0.1) is 0 Å². The van der Waals surface area contributed by atoms with Crippen LogP contribution in [0.4, 0.5) is 5.69 Å². The van der Waals surface area contributed by atoms with E-state index in [9.17, 15) is 4.79 Å². The SMILES string of the molecule is O=C(c1ccccc1-c1ccccc1)N1CCN(c2ccncc2)CC1. The minimum atomic E-state index is 0.110. The molecule has 4 nitrogen and oxygen atoms in total. The van der Waals surface area contributed by atoms with Crippen molar-refractivity contribution in [3.63, 3.8) is 0 Å². The molecule has 130 valence electrons. The van der Waals surface area contributed by atoms with Crippen LogP contribution in [0.2, 0.25) is 0 Å². The molecule has 0 spiro atoms. The first kappa shape index (κ1) is 16.3. The van der Waals surface area contributed by atoms with E-state index in [1.54, 1.807) is 0 Å². The van der Waals surface area contributed by atoms with E-state index in [0.717, 1.165) is 48.6 Å². The molecule has 2 aromatic carbocycles. The van der Waals surface area contributed by atoms with Gasteiger partial charge in [0.1, 0.15) is 0 Å². The van der Waals surface area contributed by atoms with Crippen LogP contribution < -0.4 is 4.90 Å². The maximum absolute atomic E-state index is 13.1. The lowest BCUT2D eigenvalue weighted by Crippen LogP contribution is -2.48. The van der Waals surface area contributed by atoms with Gasteiger partial charge in [0.15, 0.2) is 0 Å². The largest absolute Gasteiger partial charge is 0.368 e. The molecule has 1 aromatic heterocycles. The Labute approximate surface area is 153 Å². The molecule has 3 aromatic rings. The van der Waals surface area contributed by atoms with E-state index in [-0.39, 0.29) is 5.91 Å². The van der Waals surface area contributed by atoms with Gasteiger partial charge in [-0.15, -0.1) is 0 Å². The van der Waals surface area contributed by atoms with Crippen LogP contribution >= 0.6 is 0 Å². The Morgan fingerprint density at radius 2 is 1.42 bits per heavy atom. The highest BCUT2D eigenvalue weighted by Gasteiger charge is 2.24. The number of hydrogen-bond donors (Lipinski definition) is 0. The van der Waals surface area contributed by atoms with Gasteiger partial charge in [-0.25, -0.2) is 0 Å². The zero-order valence-electron chi connectivity index (χ0n) is 14.6. The fourth-order valence-corrected chi connectivity index (χ4v) is 3.43. The third-order valence-electron chi connectivity index (χ3n) is 4.84. The number of benzene rings is 2. The molecule has 0 aliphatic carbocycles. The molecular formula is C22H21N3O. The van der Waals surface area contributed by atoms with E-state index in [0.29, 0.717) is 0 Å². The zero-order chi connectivity index (χ0) is 17.8. The first-order valence-corrected chi connectivity index (χ1v) is 8.91. The van der Waals surface area contributed by atoms with Gasteiger partial charge in [-0.3, -0.25) is 9.78 Å². The number of piperazine rings is 1. The molecule has 4 rings (SSSR count). The number of rotatable bonds is 3. The predicted octanol–water partition coefficient (Wildman–Crippen LogP) is 3.71. The van der Waals surface area contributed by atoms with E-state index in [1.165, 1.54) is 0 Å². The number of carbonyl (C=O) groups is 1. The molecule has 0 N–H and O–H groups in total. The third-order valence-corrected chi connectivity index (χ3v) is 4.84. The normalized spacial score (nSPS) is 14.3. The van der Waals surface area contributed by atoms with Crippen LogP contribution in [0.25, 0.3) is 11.1 Å². The van der Waals surface area contributed by atoms with Crippen molar-refractivity contribution in [2.45, 2.75) is 0 Å². The fourth-order valence-electron chi connectivity index (χ4n) is 3.43. The Kier molecular flexibility index (Phi) is 4.65. The van der Waals surface area contributed by atoms with Crippen molar-refractivity contribution >= 4 is 11.6 Å². The van der Waals surface area contributed by atoms with Crippen molar-refractivity contribution in [2.75, 3.05) is 31.1 Å². The summed E-state index contributed by atoms with van der Waals surface area (Å²) in [7, 11) is 0. The highest BCUT2D eigenvalue weighted by molar-refractivity contribution is 6.01. The molecule has 26 heavy (non-hydrogen) atoms. The summed E-state index contributed by atoms with van der Waals surface area (Å²) < 4.78 is 0. The molecule has 0 radical (unpaired) electrons. The highest BCUT2D eigenvalue weighted by atomic mass is 16.2. The van der Waals surface area contributed by atoms with Gasteiger partial charge >= 0.3 is 0 Å². The first-order chi connectivity index (χ1) is 12.8. The molecule has 0 atom stereocenters. The third kappa shape index (κ3) is 3.31. The summed E-state index contributed by atoms with van der Waals surface area (Å²) in [5.41, 5.74) is 4.01. The van der Waals surface area contributed by atoms with E-state index < -0.39 is 0 Å². The lowest BCUT2D eigenvalue weighted by molar-refractivity contribution is 0.0747. The van der Waals surface area contributed by atoms with Crippen molar-refractivity contribution in [1.29, 1.82) is 0 Å². The number of anilines is 1. The number of aromatic nitrogens is 1. The summed E-state index contributed by atoms with van der Waals surface area (Å²) in [6, 6.07) is 22.0. The molecule has 0 saturated carbocycles. The topological polar surface area (TPSA) is 36.4 Å². The van der Waals surface area contributed by atoms with Crippen LogP contribution in [-0.2, 0) is 0 Å². The second kappa shape index (κ2) is 7.40. The Morgan fingerprint density at radius 1 is 0.769 bits per heavy atom. The van der Waals surface area contributed by atoms with E-state index >= 15 is 0 Å². The maximum Gasteiger partial charge on any atom is 0.254 e. The number of nitrogens with zero attached hydrogens (tertiary/aromatic N) is 3. The smallest absolute Gasteiger partial charge is 0.254 e. The Hall–Kier alpha value is -3.14. The summed E-state index contributed by atoms with van der Waals surface area (Å²) in [6.07, 6.45) is 3.62. The zero-order valence-corrected chi connectivity index (χ0v) is 14.6. The fraction of sp³-hybridized carbons (Fsp3) is 0.182. The van der Waals surface area contributed by atoms with Crippen molar-refractivity contribution in [1.82, 2.24) is 9.88 Å². The average Bonchev–Trinajstić information content (AvgIpc) is 2.75. The first-order valence-electron chi connectivity index (χ1n) is 8.91. The Balaban J connectivity index is 1.51. The lowest BCUT2D eigenvalue weighted by atomic mass is 9.98. The second-order valence-corrected chi connectivity index (χ2v) is 6.40. The predicted molar refractivity (Wildman–Crippen MR) is 104 cm³/mol. The summed E-state index contributed by atoms with van der Waals surface area (Å²) in [5.74, 6) is 0.110. The molecule has 1 saturated heterocycles. The quantitative estimate of drug-likeness (QED) is 0.727. The van der Waals surface area contributed by atoms with Crippen LogP contribution in [0.3, 0.4) is 0 Å². The number of carbonyl (C=O) groups excluding carboxylic acids is 1. The van der Waals surface area contributed by atoms with E-state index in [4.69, 9.17) is 0 Å². The highest BCUT2D eigenvalue weighted by Crippen LogP contribution is 2.25.